The van der Waals surface area contributed by atoms with E-state index in [-0.39, 0.29) is 25.5 Å². The lowest BCUT2D eigenvalue weighted by Gasteiger charge is -2.32. The highest BCUT2D eigenvalue weighted by atomic mass is 32.1. The predicted octanol–water partition coefficient (Wildman–Crippen LogP) is 6.23. The van der Waals surface area contributed by atoms with Crippen LogP contribution in [0.3, 0.4) is 0 Å². The lowest BCUT2D eigenvalue weighted by molar-refractivity contribution is -0.146. The first-order valence-corrected chi connectivity index (χ1v) is 14.8. The number of carbonyl (C=O) groups is 3. The van der Waals surface area contributed by atoms with Gasteiger partial charge in [-0.2, -0.15) is 0 Å². The van der Waals surface area contributed by atoms with Crippen LogP contribution < -0.4 is 5.32 Å². The first-order chi connectivity index (χ1) is 20.3. The highest BCUT2D eigenvalue weighted by Crippen LogP contribution is 2.43. The molecular formula is C32H35N3O6S. The van der Waals surface area contributed by atoms with E-state index in [0.29, 0.717) is 39.8 Å². The SMILES string of the molecule is CCOC(=O)C1=C(C)N=C(C)C(C(=O)OCC)C1c1ccccc1Nc1nc(C(=O)OCC)c(Cc2ccccc2)s1. The van der Waals surface area contributed by atoms with Crippen molar-refractivity contribution < 1.29 is 28.6 Å². The third-order valence-corrected chi connectivity index (χ3v) is 7.75. The molecule has 0 saturated carbocycles. The average Bonchev–Trinajstić information content (AvgIpc) is 3.35. The van der Waals surface area contributed by atoms with Gasteiger partial charge in [-0.25, -0.2) is 14.6 Å². The number of aliphatic imine (C=N–C) groups is 1. The minimum absolute atomic E-state index is 0.176. The summed E-state index contributed by atoms with van der Waals surface area (Å²) in [5.74, 6) is -3.07. The summed E-state index contributed by atoms with van der Waals surface area (Å²) in [7, 11) is 0. The van der Waals surface area contributed by atoms with Crippen molar-refractivity contribution in [3.8, 4) is 0 Å². The summed E-state index contributed by atoms with van der Waals surface area (Å²) in [6.45, 7) is 9.31. The van der Waals surface area contributed by atoms with E-state index >= 15 is 0 Å². The maximum atomic E-state index is 13.3. The molecule has 4 rings (SSSR count). The number of allylic oxidation sites excluding steroid dienone is 1. The number of nitrogens with one attached hydrogen (secondary N) is 1. The Morgan fingerprint density at radius 1 is 0.857 bits per heavy atom. The van der Waals surface area contributed by atoms with E-state index in [1.807, 2.05) is 54.6 Å². The standard InChI is InChI=1S/C32H35N3O6S/c1-6-39-29(36)25-19(4)33-20(5)26(30(37)40-7-2)27(25)22-16-12-13-17-23(22)34-32-35-28(31(38)41-8-3)24(42-32)18-21-14-10-9-11-15-21/h9-17,25,27H,6-8,18H2,1-5H3,(H,34,35). The molecule has 1 aliphatic rings. The van der Waals surface area contributed by atoms with Crippen molar-refractivity contribution in [2.75, 3.05) is 25.1 Å². The highest BCUT2D eigenvalue weighted by Gasteiger charge is 2.43. The number of carbonyl (C=O) groups excluding carboxylic acids is 3. The van der Waals surface area contributed by atoms with Crippen LogP contribution in [0.2, 0.25) is 0 Å². The van der Waals surface area contributed by atoms with Gasteiger partial charge < -0.3 is 19.5 Å². The van der Waals surface area contributed by atoms with Crippen molar-refractivity contribution in [2.45, 2.75) is 47.0 Å². The second kappa shape index (κ2) is 14.0. The molecule has 2 atom stereocenters. The molecule has 1 aromatic heterocycles. The second-order valence-corrected chi connectivity index (χ2v) is 10.6. The molecule has 0 saturated heterocycles. The first-order valence-electron chi connectivity index (χ1n) is 13.9. The van der Waals surface area contributed by atoms with Gasteiger partial charge in [0.1, 0.15) is 5.92 Å². The molecule has 0 amide bonds. The van der Waals surface area contributed by atoms with Crippen molar-refractivity contribution in [1.29, 1.82) is 0 Å². The molecule has 1 N–H and O–H groups in total. The second-order valence-electron chi connectivity index (χ2n) is 9.57. The van der Waals surface area contributed by atoms with Crippen molar-refractivity contribution in [3.05, 3.63) is 87.6 Å². The van der Waals surface area contributed by atoms with E-state index in [2.05, 4.69) is 15.3 Å². The Labute approximate surface area is 249 Å². The Kier molecular flexibility index (Phi) is 10.2. The number of aromatic nitrogens is 1. The van der Waals surface area contributed by atoms with E-state index in [0.717, 1.165) is 10.4 Å². The zero-order chi connectivity index (χ0) is 30.2. The van der Waals surface area contributed by atoms with Gasteiger partial charge in [-0.1, -0.05) is 48.5 Å². The van der Waals surface area contributed by atoms with Gasteiger partial charge >= 0.3 is 17.9 Å². The van der Waals surface area contributed by atoms with E-state index in [9.17, 15) is 14.4 Å². The van der Waals surface area contributed by atoms with Crippen LogP contribution in [0.4, 0.5) is 10.8 Å². The Morgan fingerprint density at radius 3 is 2.19 bits per heavy atom. The number of thiazole rings is 1. The Morgan fingerprint density at radius 2 is 1.50 bits per heavy atom. The molecule has 0 fully saturated rings. The van der Waals surface area contributed by atoms with Crippen LogP contribution in [-0.2, 0) is 30.2 Å². The first kappa shape index (κ1) is 30.6. The number of nitrogens with zero attached hydrogens (tertiary/aromatic N) is 2. The van der Waals surface area contributed by atoms with Crippen molar-refractivity contribution >= 4 is 45.8 Å². The molecule has 220 valence electrons. The summed E-state index contributed by atoms with van der Waals surface area (Å²) in [6, 6.07) is 17.2. The number of para-hydroxylation sites is 1. The van der Waals surface area contributed by atoms with Crippen molar-refractivity contribution in [2.24, 2.45) is 10.9 Å². The summed E-state index contributed by atoms with van der Waals surface area (Å²) >= 11 is 1.35. The maximum Gasteiger partial charge on any atom is 0.358 e. The summed E-state index contributed by atoms with van der Waals surface area (Å²) in [4.78, 5) is 49.3. The van der Waals surface area contributed by atoms with Gasteiger partial charge in [-0.3, -0.25) is 9.79 Å². The van der Waals surface area contributed by atoms with Crippen LogP contribution >= 0.6 is 11.3 Å². The molecule has 9 nitrogen and oxygen atoms in total. The molecule has 2 heterocycles. The molecule has 1 aliphatic heterocycles. The predicted molar refractivity (Wildman–Crippen MR) is 162 cm³/mol. The number of hydrogen-bond acceptors (Lipinski definition) is 10. The molecule has 10 heteroatoms. The number of rotatable bonds is 11. The summed E-state index contributed by atoms with van der Waals surface area (Å²) in [5, 5.41) is 3.83. The lowest BCUT2D eigenvalue weighted by Crippen LogP contribution is -2.36. The molecule has 2 unspecified atom stereocenters. The van der Waals surface area contributed by atoms with Crippen LogP contribution in [0.15, 0.2) is 70.9 Å². The molecule has 0 radical (unpaired) electrons. The van der Waals surface area contributed by atoms with Crippen molar-refractivity contribution in [1.82, 2.24) is 4.98 Å². The summed E-state index contributed by atoms with van der Waals surface area (Å²) < 4.78 is 16.1. The normalized spacial score (nSPS) is 16.5. The Hall–Kier alpha value is -4.31. The average molecular weight is 590 g/mol. The monoisotopic (exact) mass is 589 g/mol. The lowest BCUT2D eigenvalue weighted by atomic mass is 9.75. The maximum absolute atomic E-state index is 13.3. The van der Waals surface area contributed by atoms with Crippen LogP contribution in [-0.4, -0.2) is 48.4 Å². The van der Waals surface area contributed by atoms with Crippen LogP contribution in [0.25, 0.3) is 0 Å². The molecule has 3 aromatic rings. The number of hydrogen-bond donors (Lipinski definition) is 1. The summed E-state index contributed by atoms with van der Waals surface area (Å²) in [5.41, 5.74) is 3.90. The summed E-state index contributed by atoms with van der Waals surface area (Å²) in [6.07, 6.45) is 0.508. The minimum atomic E-state index is -0.837. The van der Waals surface area contributed by atoms with Gasteiger partial charge in [0.15, 0.2) is 10.8 Å². The fourth-order valence-electron chi connectivity index (χ4n) is 5.05. The van der Waals surface area contributed by atoms with Gasteiger partial charge in [-0.15, -0.1) is 11.3 Å². The third-order valence-electron chi connectivity index (χ3n) is 6.78. The van der Waals surface area contributed by atoms with Gasteiger partial charge in [-0.05, 0) is 51.8 Å². The number of anilines is 2. The molecule has 0 bridgehead atoms. The zero-order valence-electron chi connectivity index (χ0n) is 24.4. The Bertz CT molecular complexity index is 1510. The fraction of sp³-hybridized carbons (Fsp3) is 0.344. The number of esters is 3. The number of benzene rings is 2. The van der Waals surface area contributed by atoms with Gasteiger partial charge in [0.2, 0.25) is 0 Å². The number of ether oxygens (including phenoxy) is 3. The Balaban J connectivity index is 1.79. The van der Waals surface area contributed by atoms with Crippen LogP contribution in [0.5, 0.6) is 0 Å². The van der Waals surface area contributed by atoms with Crippen molar-refractivity contribution in [3.63, 3.8) is 0 Å². The van der Waals surface area contributed by atoms with Gasteiger partial charge in [0.25, 0.3) is 0 Å². The third kappa shape index (κ3) is 6.76. The minimum Gasteiger partial charge on any atom is -0.465 e. The molecule has 42 heavy (non-hydrogen) atoms. The molecule has 2 aromatic carbocycles. The zero-order valence-corrected chi connectivity index (χ0v) is 25.2. The van der Waals surface area contributed by atoms with E-state index < -0.39 is 29.7 Å². The fourth-order valence-corrected chi connectivity index (χ4v) is 6.04. The van der Waals surface area contributed by atoms with Crippen LogP contribution in [0.1, 0.15) is 67.0 Å². The highest BCUT2D eigenvalue weighted by molar-refractivity contribution is 7.16. The van der Waals surface area contributed by atoms with E-state index in [1.54, 1.807) is 34.6 Å². The van der Waals surface area contributed by atoms with E-state index in [4.69, 9.17) is 14.2 Å². The van der Waals surface area contributed by atoms with Gasteiger partial charge in [0.05, 0.1) is 25.4 Å². The molecule has 0 aliphatic carbocycles. The van der Waals surface area contributed by atoms with Crippen LogP contribution in [0, 0.1) is 5.92 Å². The largest absolute Gasteiger partial charge is 0.465 e. The molecule has 0 spiro atoms. The smallest absolute Gasteiger partial charge is 0.358 e. The molecular weight excluding hydrogens is 554 g/mol. The van der Waals surface area contributed by atoms with E-state index in [1.165, 1.54) is 11.3 Å². The topological polar surface area (TPSA) is 116 Å². The quantitative estimate of drug-likeness (QED) is 0.207. The van der Waals surface area contributed by atoms with Gasteiger partial charge in [0, 0.05) is 34.3 Å².